The first-order valence-corrected chi connectivity index (χ1v) is 7.36. The van der Waals surface area contributed by atoms with Crippen molar-refractivity contribution < 1.29 is 4.39 Å². The van der Waals surface area contributed by atoms with Crippen molar-refractivity contribution in [2.24, 2.45) is 0 Å². The molecular formula is C14H17FN2S. The van der Waals surface area contributed by atoms with Crippen molar-refractivity contribution in [2.75, 3.05) is 12.8 Å². The molecule has 1 aromatic rings. The van der Waals surface area contributed by atoms with Crippen LogP contribution in [-0.2, 0) is 6.54 Å². The minimum atomic E-state index is -0.298. The van der Waals surface area contributed by atoms with Crippen molar-refractivity contribution in [2.45, 2.75) is 30.6 Å². The summed E-state index contributed by atoms with van der Waals surface area (Å²) in [6, 6.07) is 6.58. The highest BCUT2D eigenvalue weighted by Gasteiger charge is 2.35. The van der Waals surface area contributed by atoms with Crippen LogP contribution >= 0.6 is 11.8 Å². The zero-order valence-electron chi connectivity index (χ0n) is 10.5. The molecule has 1 aliphatic carbocycles. The number of benzene rings is 1. The van der Waals surface area contributed by atoms with Gasteiger partial charge in [0.1, 0.15) is 5.82 Å². The summed E-state index contributed by atoms with van der Waals surface area (Å²) in [5, 5.41) is 12.0. The number of nitrogens with zero attached hydrogens (tertiary/aromatic N) is 1. The SMILES string of the molecule is CSC1(CNCc2ccc(C#N)cc2F)CCC1. The van der Waals surface area contributed by atoms with Gasteiger partial charge in [-0.15, -0.1) is 0 Å². The molecule has 0 aliphatic heterocycles. The largest absolute Gasteiger partial charge is 0.311 e. The lowest BCUT2D eigenvalue weighted by molar-refractivity contribution is 0.344. The second kappa shape index (κ2) is 5.73. The van der Waals surface area contributed by atoms with Gasteiger partial charge in [0.2, 0.25) is 0 Å². The van der Waals surface area contributed by atoms with E-state index in [1.54, 1.807) is 12.1 Å². The van der Waals surface area contributed by atoms with E-state index in [0.717, 1.165) is 6.54 Å². The summed E-state index contributed by atoms with van der Waals surface area (Å²) in [6.45, 7) is 1.45. The highest BCUT2D eigenvalue weighted by molar-refractivity contribution is 8.00. The number of halogens is 1. The molecule has 2 rings (SSSR count). The van der Waals surface area contributed by atoms with Gasteiger partial charge in [-0.05, 0) is 31.2 Å². The summed E-state index contributed by atoms with van der Waals surface area (Å²) in [5.41, 5.74) is 1.00. The van der Waals surface area contributed by atoms with Crippen molar-refractivity contribution in [3.8, 4) is 6.07 Å². The van der Waals surface area contributed by atoms with Gasteiger partial charge in [0.05, 0.1) is 11.6 Å². The highest BCUT2D eigenvalue weighted by Crippen LogP contribution is 2.42. The van der Waals surface area contributed by atoms with Crippen LogP contribution < -0.4 is 5.32 Å². The van der Waals surface area contributed by atoms with Crippen LogP contribution in [0.5, 0.6) is 0 Å². The Bertz CT molecular complexity index is 458. The van der Waals surface area contributed by atoms with Gasteiger partial charge in [0, 0.05) is 23.4 Å². The van der Waals surface area contributed by atoms with Crippen molar-refractivity contribution in [1.29, 1.82) is 5.26 Å². The Labute approximate surface area is 112 Å². The molecule has 18 heavy (non-hydrogen) atoms. The number of rotatable bonds is 5. The van der Waals surface area contributed by atoms with Gasteiger partial charge in [0.25, 0.3) is 0 Å². The third kappa shape index (κ3) is 2.85. The van der Waals surface area contributed by atoms with E-state index in [-0.39, 0.29) is 5.82 Å². The lowest BCUT2D eigenvalue weighted by atomic mass is 9.84. The first kappa shape index (κ1) is 13.4. The number of nitriles is 1. The van der Waals surface area contributed by atoms with E-state index in [2.05, 4.69) is 11.6 Å². The summed E-state index contributed by atoms with van der Waals surface area (Å²) < 4.78 is 14.0. The number of hydrogen-bond donors (Lipinski definition) is 1. The van der Waals surface area contributed by atoms with Crippen molar-refractivity contribution in [1.82, 2.24) is 5.32 Å². The Kier molecular flexibility index (Phi) is 4.26. The molecule has 0 aromatic heterocycles. The highest BCUT2D eigenvalue weighted by atomic mass is 32.2. The van der Waals surface area contributed by atoms with Crippen molar-refractivity contribution >= 4 is 11.8 Å². The predicted molar refractivity (Wildman–Crippen MR) is 72.9 cm³/mol. The molecule has 0 unspecified atom stereocenters. The van der Waals surface area contributed by atoms with E-state index in [1.165, 1.54) is 25.3 Å². The fourth-order valence-electron chi connectivity index (χ4n) is 2.21. The van der Waals surface area contributed by atoms with Crippen molar-refractivity contribution in [3.05, 3.63) is 35.1 Å². The summed E-state index contributed by atoms with van der Waals surface area (Å²) in [4.78, 5) is 0. The van der Waals surface area contributed by atoms with Crippen LogP contribution in [-0.4, -0.2) is 17.5 Å². The molecular weight excluding hydrogens is 247 g/mol. The van der Waals surface area contributed by atoms with Crippen molar-refractivity contribution in [3.63, 3.8) is 0 Å². The first-order chi connectivity index (χ1) is 8.69. The van der Waals surface area contributed by atoms with Crippen LogP contribution in [0, 0.1) is 17.1 Å². The predicted octanol–water partition coefficient (Wildman–Crippen LogP) is 3.07. The third-order valence-corrected chi connectivity index (χ3v) is 5.06. The van der Waals surface area contributed by atoms with Crippen LogP contribution in [0.25, 0.3) is 0 Å². The van der Waals surface area contributed by atoms with E-state index in [0.29, 0.717) is 22.4 Å². The van der Waals surface area contributed by atoms with E-state index in [9.17, 15) is 4.39 Å². The fourth-order valence-corrected chi connectivity index (χ4v) is 3.15. The van der Waals surface area contributed by atoms with Gasteiger partial charge in [-0.2, -0.15) is 17.0 Å². The summed E-state index contributed by atoms with van der Waals surface area (Å²) >= 11 is 1.91. The van der Waals surface area contributed by atoms with Crippen LogP contribution in [0.2, 0.25) is 0 Å². The Morgan fingerprint density at radius 3 is 2.78 bits per heavy atom. The first-order valence-electron chi connectivity index (χ1n) is 6.13. The minimum absolute atomic E-state index is 0.298. The Balaban J connectivity index is 1.89. The molecule has 1 aliphatic rings. The average molecular weight is 264 g/mol. The van der Waals surface area contributed by atoms with Gasteiger partial charge in [-0.1, -0.05) is 12.5 Å². The summed E-state index contributed by atoms with van der Waals surface area (Å²) in [7, 11) is 0. The molecule has 0 radical (unpaired) electrons. The van der Waals surface area contributed by atoms with Gasteiger partial charge in [-0.3, -0.25) is 0 Å². The van der Waals surface area contributed by atoms with Gasteiger partial charge in [0.15, 0.2) is 0 Å². The number of thioether (sulfide) groups is 1. The molecule has 0 spiro atoms. The lowest BCUT2D eigenvalue weighted by Gasteiger charge is -2.40. The van der Waals surface area contributed by atoms with E-state index < -0.39 is 0 Å². The maximum atomic E-state index is 13.6. The average Bonchev–Trinajstić information content (AvgIpc) is 2.34. The van der Waals surface area contributed by atoms with Gasteiger partial charge < -0.3 is 5.32 Å². The minimum Gasteiger partial charge on any atom is -0.311 e. The fraction of sp³-hybridized carbons (Fsp3) is 0.500. The van der Waals surface area contributed by atoms with Crippen LogP contribution in [0.1, 0.15) is 30.4 Å². The van der Waals surface area contributed by atoms with Gasteiger partial charge in [-0.25, -0.2) is 4.39 Å². The molecule has 4 heteroatoms. The summed E-state index contributed by atoms with van der Waals surface area (Å²) in [6.07, 6.45) is 5.94. The third-order valence-electron chi connectivity index (χ3n) is 3.64. The zero-order valence-corrected chi connectivity index (χ0v) is 11.3. The standard InChI is InChI=1S/C14H17FN2S/c1-18-14(5-2-6-14)10-17-9-12-4-3-11(8-16)7-13(12)15/h3-4,7,17H,2,5-6,9-10H2,1H3. The van der Waals surface area contributed by atoms with Crippen LogP contribution in [0.15, 0.2) is 18.2 Å². The molecule has 0 atom stereocenters. The zero-order chi connectivity index (χ0) is 13.0. The normalized spacial score (nSPS) is 16.9. The maximum absolute atomic E-state index is 13.6. The second-order valence-electron chi connectivity index (χ2n) is 4.76. The topological polar surface area (TPSA) is 35.8 Å². The molecule has 1 N–H and O–H groups in total. The van der Waals surface area contributed by atoms with Crippen LogP contribution in [0.4, 0.5) is 4.39 Å². The molecule has 1 saturated carbocycles. The monoisotopic (exact) mass is 264 g/mol. The Hall–Kier alpha value is -1.05. The maximum Gasteiger partial charge on any atom is 0.129 e. The molecule has 1 aromatic carbocycles. The Morgan fingerprint density at radius 2 is 2.28 bits per heavy atom. The molecule has 0 heterocycles. The smallest absolute Gasteiger partial charge is 0.129 e. The van der Waals surface area contributed by atoms with Gasteiger partial charge >= 0.3 is 0 Å². The molecule has 0 bridgehead atoms. The molecule has 1 fully saturated rings. The number of hydrogen-bond acceptors (Lipinski definition) is 3. The molecule has 2 nitrogen and oxygen atoms in total. The Morgan fingerprint density at radius 1 is 1.50 bits per heavy atom. The molecule has 0 amide bonds. The van der Waals surface area contributed by atoms with Crippen LogP contribution in [0.3, 0.4) is 0 Å². The molecule has 0 saturated heterocycles. The number of nitrogens with one attached hydrogen (secondary N) is 1. The van der Waals surface area contributed by atoms with E-state index in [4.69, 9.17) is 5.26 Å². The quantitative estimate of drug-likeness (QED) is 0.887. The lowest BCUT2D eigenvalue weighted by Crippen LogP contribution is -2.43. The summed E-state index contributed by atoms with van der Waals surface area (Å²) in [5.74, 6) is -0.298. The second-order valence-corrected chi connectivity index (χ2v) is 6.04. The molecule has 96 valence electrons. The van der Waals surface area contributed by atoms with E-state index in [1.807, 2.05) is 17.8 Å². The van der Waals surface area contributed by atoms with E-state index >= 15 is 0 Å².